The molecule has 2 N–H and O–H groups in total. The average molecular weight is 253 g/mol. The van der Waals surface area contributed by atoms with Gasteiger partial charge in [-0.1, -0.05) is 0 Å². The predicted octanol–water partition coefficient (Wildman–Crippen LogP) is 1.35. The number of rotatable bonds is 4. The van der Waals surface area contributed by atoms with Crippen LogP contribution in [0.15, 0.2) is 0 Å². The lowest BCUT2D eigenvalue weighted by Crippen LogP contribution is -2.53. The number of carboxylic acid groups (broad SMARTS) is 1. The zero-order chi connectivity index (χ0) is 14.1. The first kappa shape index (κ1) is 14.2. The summed E-state index contributed by atoms with van der Waals surface area (Å²) in [6.07, 6.45) is 0. The first-order valence-electron chi connectivity index (χ1n) is 5.80. The predicted molar refractivity (Wildman–Crippen MR) is 66.5 cm³/mol. The van der Waals surface area contributed by atoms with Crippen molar-refractivity contribution in [3.05, 3.63) is 17.0 Å². The third-order valence-corrected chi connectivity index (χ3v) is 3.10. The largest absolute Gasteiger partial charge is 0.480 e. The van der Waals surface area contributed by atoms with E-state index in [4.69, 9.17) is 0 Å². The van der Waals surface area contributed by atoms with Crippen LogP contribution in [0.1, 0.15) is 42.5 Å². The van der Waals surface area contributed by atoms with Gasteiger partial charge >= 0.3 is 5.97 Å². The highest BCUT2D eigenvalue weighted by Crippen LogP contribution is 2.20. The molecule has 18 heavy (non-hydrogen) atoms. The van der Waals surface area contributed by atoms with E-state index in [1.165, 1.54) is 18.7 Å². The smallest absolute Gasteiger partial charge is 0.329 e. The standard InChI is InChI=1S/C12H19N3O3/c1-6-15(12(4,5)11(17)18)10(16)9-7(2)13-14-8(9)3/h6H2,1-5H3,(H,13,14)(H,17,18). The molecule has 1 amide bonds. The number of nitrogens with zero attached hydrogens (tertiary/aromatic N) is 2. The van der Waals surface area contributed by atoms with E-state index in [2.05, 4.69) is 10.2 Å². The van der Waals surface area contributed by atoms with Crippen LogP contribution in [0.5, 0.6) is 0 Å². The molecule has 0 fully saturated rings. The van der Waals surface area contributed by atoms with Gasteiger partial charge in [-0.25, -0.2) is 4.79 Å². The number of carbonyl (C=O) groups is 2. The Bertz CT molecular complexity index is 457. The normalized spacial score (nSPS) is 11.4. The van der Waals surface area contributed by atoms with Crippen LogP contribution in [0.2, 0.25) is 0 Å². The van der Waals surface area contributed by atoms with Crippen molar-refractivity contribution >= 4 is 11.9 Å². The summed E-state index contributed by atoms with van der Waals surface area (Å²) >= 11 is 0. The van der Waals surface area contributed by atoms with Crippen LogP contribution in [-0.2, 0) is 4.79 Å². The lowest BCUT2D eigenvalue weighted by molar-refractivity contribution is -0.147. The summed E-state index contributed by atoms with van der Waals surface area (Å²) in [5, 5.41) is 15.9. The quantitative estimate of drug-likeness (QED) is 0.848. The molecule has 6 heteroatoms. The number of hydrogen-bond donors (Lipinski definition) is 2. The van der Waals surface area contributed by atoms with Crippen LogP contribution >= 0.6 is 0 Å². The fourth-order valence-electron chi connectivity index (χ4n) is 1.91. The van der Waals surface area contributed by atoms with E-state index >= 15 is 0 Å². The highest BCUT2D eigenvalue weighted by molar-refractivity contribution is 5.99. The minimum atomic E-state index is -1.25. The molecular formula is C12H19N3O3. The number of likely N-dealkylation sites (N-methyl/N-ethyl adjacent to an activating group) is 1. The topological polar surface area (TPSA) is 86.3 Å². The number of amides is 1. The molecule has 0 aliphatic rings. The highest BCUT2D eigenvalue weighted by atomic mass is 16.4. The van der Waals surface area contributed by atoms with E-state index in [9.17, 15) is 14.7 Å². The van der Waals surface area contributed by atoms with Crippen LogP contribution < -0.4 is 0 Å². The third kappa shape index (κ3) is 2.23. The van der Waals surface area contributed by atoms with Crippen molar-refractivity contribution in [2.24, 2.45) is 0 Å². The summed E-state index contributed by atoms with van der Waals surface area (Å²) in [6.45, 7) is 8.58. The Balaban J connectivity index is 3.19. The van der Waals surface area contributed by atoms with Gasteiger partial charge in [-0.3, -0.25) is 9.89 Å². The number of aromatic nitrogens is 2. The fraction of sp³-hybridized carbons (Fsp3) is 0.583. The van der Waals surface area contributed by atoms with Crippen LogP contribution in [0.4, 0.5) is 0 Å². The van der Waals surface area contributed by atoms with Gasteiger partial charge in [0, 0.05) is 12.2 Å². The van der Waals surface area contributed by atoms with E-state index in [0.29, 0.717) is 23.5 Å². The Morgan fingerprint density at radius 3 is 2.28 bits per heavy atom. The number of aliphatic carboxylic acids is 1. The Labute approximate surface area is 106 Å². The van der Waals surface area contributed by atoms with Gasteiger partial charge < -0.3 is 10.0 Å². The molecule has 1 aromatic rings. The fourth-order valence-corrected chi connectivity index (χ4v) is 1.91. The van der Waals surface area contributed by atoms with Gasteiger partial charge in [0.1, 0.15) is 5.54 Å². The molecule has 0 aliphatic carbocycles. The van der Waals surface area contributed by atoms with E-state index in [0.717, 1.165) is 0 Å². The maximum absolute atomic E-state index is 12.4. The van der Waals surface area contributed by atoms with Gasteiger partial charge in [0.05, 0.1) is 11.3 Å². The number of carbonyl (C=O) groups excluding carboxylic acids is 1. The molecular weight excluding hydrogens is 234 g/mol. The van der Waals surface area contributed by atoms with Gasteiger partial charge in [0.25, 0.3) is 5.91 Å². The Kier molecular flexibility index (Phi) is 3.79. The molecule has 0 radical (unpaired) electrons. The second kappa shape index (κ2) is 4.80. The molecule has 6 nitrogen and oxygen atoms in total. The summed E-state index contributed by atoms with van der Waals surface area (Å²) in [5.74, 6) is -1.34. The number of nitrogens with one attached hydrogen (secondary N) is 1. The zero-order valence-corrected chi connectivity index (χ0v) is 11.4. The maximum Gasteiger partial charge on any atom is 0.329 e. The molecule has 0 aliphatic heterocycles. The van der Waals surface area contributed by atoms with Crippen molar-refractivity contribution in [2.75, 3.05) is 6.54 Å². The van der Waals surface area contributed by atoms with Gasteiger partial charge in [-0.2, -0.15) is 5.10 Å². The second-order valence-electron chi connectivity index (χ2n) is 4.72. The number of H-pyrrole nitrogens is 1. The molecule has 1 rings (SSSR count). The van der Waals surface area contributed by atoms with Crippen LogP contribution in [0.3, 0.4) is 0 Å². The average Bonchev–Trinajstić information content (AvgIpc) is 2.58. The molecule has 0 atom stereocenters. The summed E-state index contributed by atoms with van der Waals surface area (Å²) < 4.78 is 0. The lowest BCUT2D eigenvalue weighted by atomic mass is 10.0. The molecule has 0 saturated carbocycles. The van der Waals surface area contributed by atoms with Crippen molar-refractivity contribution in [2.45, 2.75) is 40.2 Å². The van der Waals surface area contributed by atoms with Crippen LogP contribution in [-0.4, -0.2) is 44.2 Å². The molecule has 0 spiro atoms. The molecule has 1 heterocycles. The summed E-state index contributed by atoms with van der Waals surface area (Å²) in [6, 6.07) is 0. The Morgan fingerprint density at radius 2 is 1.94 bits per heavy atom. The minimum Gasteiger partial charge on any atom is -0.480 e. The summed E-state index contributed by atoms with van der Waals surface area (Å²) in [7, 11) is 0. The van der Waals surface area contributed by atoms with Gasteiger partial charge in [0.15, 0.2) is 0 Å². The lowest BCUT2D eigenvalue weighted by Gasteiger charge is -2.34. The monoisotopic (exact) mass is 253 g/mol. The molecule has 1 aromatic heterocycles. The van der Waals surface area contributed by atoms with Crippen LogP contribution in [0.25, 0.3) is 0 Å². The van der Waals surface area contributed by atoms with Gasteiger partial charge in [-0.15, -0.1) is 0 Å². The first-order valence-corrected chi connectivity index (χ1v) is 5.80. The highest BCUT2D eigenvalue weighted by Gasteiger charge is 2.38. The number of aryl methyl sites for hydroxylation is 2. The number of carboxylic acids is 1. The van der Waals surface area contributed by atoms with E-state index in [-0.39, 0.29) is 5.91 Å². The summed E-state index contributed by atoms with van der Waals surface area (Å²) in [4.78, 5) is 25.0. The van der Waals surface area contributed by atoms with E-state index < -0.39 is 11.5 Å². The SMILES string of the molecule is CCN(C(=O)c1c(C)n[nH]c1C)C(C)(C)C(=O)O. The molecule has 0 saturated heterocycles. The van der Waals surface area contributed by atoms with Crippen LogP contribution in [0, 0.1) is 13.8 Å². The van der Waals surface area contributed by atoms with Gasteiger partial charge in [-0.05, 0) is 34.6 Å². The molecule has 0 unspecified atom stereocenters. The molecule has 0 aromatic carbocycles. The van der Waals surface area contributed by atoms with E-state index in [1.54, 1.807) is 20.8 Å². The number of aromatic amines is 1. The van der Waals surface area contributed by atoms with Crippen molar-refractivity contribution in [3.63, 3.8) is 0 Å². The molecule has 0 bridgehead atoms. The maximum atomic E-state index is 12.4. The minimum absolute atomic E-state index is 0.311. The Morgan fingerprint density at radius 1 is 1.39 bits per heavy atom. The van der Waals surface area contributed by atoms with Crippen molar-refractivity contribution < 1.29 is 14.7 Å². The summed E-state index contributed by atoms with van der Waals surface area (Å²) in [5.41, 5.74) is 0.433. The van der Waals surface area contributed by atoms with Gasteiger partial charge in [0.2, 0.25) is 0 Å². The third-order valence-electron chi connectivity index (χ3n) is 3.10. The van der Waals surface area contributed by atoms with E-state index in [1.807, 2.05) is 0 Å². The van der Waals surface area contributed by atoms with Crippen molar-refractivity contribution in [1.82, 2.24) is 15.1 Å². The molecule has 100 valence electrons. The zero-order valence-electron chi connectivity index (χ0n) is 11.4. The van der Waals surface area contributed by atoms with Crippen molar-refractivity contribution in [3.8, 4) is 0 Å². The van der Waals surface area contributed by atoms with Crippen molar-refractivity contribution in [1.29, 1.82) is 0 Å². The number of hydrogen-bond acceptors (Lipinski definition) is 3. The Hall–Kier alpha value is -1.85. The second-order valence-corrected chi connectivity index (χ2v) is 4.72. The first-order chi connectivity index (χ1) is 8.23.